The lowest BCUT2D eigenvalue weighted by Gasteiger charge is -2.16. The lowest BCUT2D eigenvalue weighted by atomic mass is 10.3. The predicted molar refractivity (Wildman–Crippen MR) is 57.8 cm³/mol. The highest BCUT2D eigenvalue weighted by Crippen LogP contribution is 2.09. The van der Waals surface area contributed by atoms with E-state index in [2.05, 4.69) is 5.32 Å². The summed E-state index contributed by atoms with van der Waals surface area (Å²) in [7, 11) is 0. The lowest BCUT2D eigenvalue weighted by molar-refractivity contribution is -0.117. The van der Waals surface area contributed by atoms with E-state index in [-0.39, 0.29) is 0 Å². The molecule has 0 aliphatic rings. The van der Waals surface area contributed by atoms with E-state index in [1.165, 1.54) is 0 Å². The van der Waals surface area contributed by atoms with Gasteiger partial charge in [-0.3, -0.25) is 4.79 Å². The second-order valence-electron chi connectivity index (χ2n) is 2.97. The summed E-state index contributed by atoms with van der Waals surface area (Å²) in [5, 5.41) is 3.11. The highest BCUT2D eigenvalue weighted by Gasteiger charge is 1.96. The van der Waals surface area contributed by atoms with Gasteiger partial charge in [0.2, 0.25) is 6.41 Å². The van der Waals surface area contributed by atoms with Crippen LogP contribution < -0.4 is 11.1 Å². The summed E-state index contributed by atoms with van der Waals surface area (Å²) < 4.78 is 0. The van der Waals surface area contributed by atoms with Crippen LogP contribution in [0.5, 0.6) is 0 Å². The summed E-state index contributed by atoms with van der Waals surface area (Å²) in [4.78, 5) is 12.1. The Balaban J connectivity index is 2.45. The molecule has 3 N–H and O–H groups in total. The molecule has 0 atom stereocenters. The van der Waals surface area contributed by atoms with Crippen molar-refractivity contribution >= 4 is 17.8 Å². The molecule has 1 amide bonds. The van der Waals surface area contributed by atoms with Crippen LogP contribution in [0.4, 0.5) is 11.4 Å². The third kappa shape index (κ3) is 2.97. The van der Waals surface area contributed by atoms with Gasteiger partial charge in [0.25, 0.3) is 0 Å². The Morgan fingerprint density at radius 1 is 1.43 bits per heavy atom. The molecule has 0 bridgehead atoms. The number of anilines is 2. The molecule has 0 aliphatic carbocycles. The topological polar surface area (TPSA) is 58.4 Å². The number of hydrogen-bond acceptors (Lipinski definition) is 3. The summed E-state index contributed by atoms with van der Waals surface area (Å²) in [6.07, 6.45) is 0.824. The second kappa shape index (κ2) is 5.11. The minimum absolute atomic E-state index is 0.518. The molecule has 0 aliphatic heterocycles. The quantitative estimate of drug-likeness (QED) is 0.418. The maximum Gasteiger partial charge on any atom is 0.211 e. The number of nitrogens with one attached hydrogen (secondary N) is 1. The zero-order valence-electron chi connectivity index (χ0n) is 8.23. The first kappa shape index (κ1) is 10.4. The van der Waals surface area contributed by atoms with Crippen molar-refractivity contribution in [1.29, 1.82) is 0 Å². The van der Waals surface area contributed by atoms with Crippen LogP contribution in [-0.4, -0.2) is 24.5 Å². The number of hydrogen-bond donors (Lipinski definition) is 2. The monoisotopic (exact) mass is 193 g/mol. The van der Waals surface area contributed by atoms with E-state index in [4.69, 9.17) is 5.73 Å². The molecule has 1 aromatic rings. The van der Waals surface area contributed by atoms with E-state index < -0.39 is 0 Å². The second-order valence-corrected chi connectivity index (χ2v) is 2.97. The number of rotatable bonds is 5. The average Bonchev–Trinajstić information content (AvgIpc) is 2.22. The molecule has 1 aromatic carbocycles. The third-order valence-electron chi connectivity index (χ3n) is 1.95. The van der Waals surface area contributed by atoms with Gasteiger partial charge >= 0.3 is 0 Å². The van der Waals surface area contributed by atoms with E-state index in [1.807, 2.05) is 31.2 Å². The fraction of sp³-hybridized carbons (Fsp3) is 0.300. The molecular formula is C10H15N3O. The van der Waals surface area contributed by atoms with E-state index in [0.29, 0.717) is 13.2 Å². The molecule has 4 heteroatoms. The molecule has 0 radical (unpaired) electrons. The largest absolute Gasteiger partial charge is 0.399 e. The maximum absolute atomic E-state index is 10.5. The van der Waals surface area contributed by atoms with Crippen LogP contribution in [0.25, 0.3) is 0 Å². The lowest BCUT2D eigenvalue weighted by Crippen LogP contribution is -2.27. The predicted octanol–water partition coefficient (Wildman–Crippen LogP) is 1.12. The zero-order valence-corrected chi connectivity index (χ0v) is 8.23. The van der Waals surface area contributed by atoms with Crippen LogP contribution in [0.1, 0.15) is 6.92 Å². The Kier molecular flexibility index (Phi) is 3.79. The van der Waals surface area contributed by atoms with Gasteiger partial charge in [0.15, 0.2) is 0 Å². The normalized spacial score (nSPS) is 9.50. The van der Waals surface area contributed by atoms with Gasteiger partial charge in [-0.1, -0.05) is 0 Å². The van der Waals surface area contributed by atoms with Gasteiger partial charge in [-0.05, 0) is 31.2 Å². The Morgan fingerprint density at radius 3 is 2.57 bits per heavy atom. The Hall–Kier alpha value is -1.71. The summed E-state index contributed by atoms with van der Waals surface area (Å²) >= 11 is 0. The van der Waals surface area contributed by atoms with E-state index in [9.17, 15) is 4.79 Å². The first-order valence-electron chi connectivity index (χ1n) is 4.55. The smallest absolute Gasteiger partial charge is 0.211 e. The highest BCUT2D eigenvalue weighted by atomic mass is 16.1. The molecule has 0 unspecified atom stereocenters. The molecule has 4 nitrogen and oxygen atoms in total. The van der Waals surface area contributed by atoms with Crippen molar-refractivity contribution in [2.45, 2.75) is 6.92 Å². The molecule has 0 aromatic heterocycles. The molecule has 76 valence electrons. The molecule has 0 spiro atoms. The molecule has 0 saturated heterocycles. The number of nitrogen functional groups attached to an aromatic ring is 1. The summed E-state index contributed by atoms with van der Waals surface area (Å²) in [6, 6.07) is 7.40. The van der Waals surface area contributed by atoms with E-state index >= 15 is 0 Å². The molecular weight excluding hydrogens is 178 g/mol. The van der Waals surface area contributed by atoms with Crippen molar-refractivity contribution < 1.29 is 4.79 Å². The first-order valence-corrected chi connectivity index (χ1v) is 4.55. The molecule has 1 rings (SSSR count). The number of carbonyl (C=O) groups excluding carboxylic acids is 1. The Morgan fingerprint density at radius 2 is 2.07 bits per heavy atom. The SMILES string of the molecule is CCN(C=O)CNc1ccc(N)cc1. The number of nitrogens with zero attached hydrogens (tertiary/aromatic N) is 1. The highest BCUT2D eigenvalue weighted by molar-refractivity contribution is 5.52. The molecule has 14 heavy (non-hydrogen) atoms. The number of nitrogens with two attached hydrogens (primary N) is 1. The summed E-state index contributed by atoms with van der Waals surface area (Å²) in [6.45, 7) is 3.15. The molecule has 0 saturated carbocycles. The van der Waals surface area contributed by atoms with Gasteiger partial charge in [0.1, 0.15) is 0 Å². The van der Waals surface area contributed by atoms with Gasteiger partial charge in [-0.25, -0.2) is 0 Å². The van der Waals surface area contributed by atoms with Crippen LogP contribution in [0.2, 0.25) is 0 Å². The molecule has 0 heterocycles. The Labute approximate surface area is 83.7 Å². The standard InChI is InChI=1S/C10H15N3O/c1-2-13(8-14)7-12-10-5-3-9(11)4-6-10/h3-6,8,12H,2,7,11H2,1H3. The zero-order chi connectivity index (χ0) is 10.4. The fourth-order valence-corrected chi connectivity index (χ4v) is 1.02. The van der Waals surface area contributed by atoms with Gasteiger partial charge in [-0.2, -0.15) is 0 Å². The van der Waals surface area contributed by atoms with E-state index in [0.717, 1.165) is 17.8 Å². The van der Waals surface area contributed by atoms with Gasteiger partial charge in [-0.15, -0.1) is 0 Å². The van der Waals surface area contributed by atoms with Crippen molar-refractivity contribution in [1.82, 2.24) is 4.90 Å². The summed E-state index contributed by atoms with van der Waals surface area (Å²) in [5.41, 5.74) is 7.23. The number of benzene rings is 1. The van der Waals surface area contributed by atoms with Crippen LogP contribution in [0, 0.1) is 0 Å². The van der Waals surface area contributed by atoms with Gasteiger partial charge in [0.05, 0.1) is 6.67 Å². The number of amides is 1. The minimum atomic E-state index is 0.518. The summed E-state index contributed by atoms with van der Waals surface area (Å²) in [5.74, 6) is 0. The maximum atomic E-state index is 10.5. The van der Waals surface area contributed by atoms with Crippen molar-refractivity contribution in [3.63, 3.8) is 0 Å². The van der Waals surface area contributed by atoms with Crippen LogP contribution in [-0.2, 0) is 4.79 Å². The van der Waals surface area contributed by atoms with Gasteiger partial charge in [0, 0.05) is 17.9 Å². The fourth-order valence-electron chi connectivity index (χ4n) is 1.02. The van der Waals surface area contributed by atoms with Crippen molar-refractivity contribution in [2.24, 2.45) is 0 Å². The van der Waals surface area contributed by atoms with Crippen molar-refractivity contribution in [2.75, 3.05) is 24.3 Å². The van der Waals surface area contributed by atoms with Crippen molar-refractivity contribution in [3.05, 3.63) is 24.3 Å². The third-order valence-corrected chi connectivity index (χ3v) is 1.95. The average molecular weight is 193 g/mol. The van der Waals surface area contributed by atoms with Crippen molar-refractivity contribution in [3.8, 4) is 0 Å². The van der Waals surface area contributed by atoms with Crippen LogP contribution in [0.3, 0.4) is 0 Å². The molecule has 0 fully saturated rings. The Bertz CT molecular complexity index is 284. The van der Waals surface area contributed by atoms with Crippen LogP contribution in [0.15, 0.2) is 24.3 Å². The van der Waals surface area contributed by atoms with E-state index in [1.54, 1.807) is 4.90 Å². The van der Waals surface area contributed by atoms with Crippen LogP contribution >= 0.6 is 0 Å². The first-order chi connectivity index (χ1) is 6.76. The minimum Gasteiger partial charge on any atom is -0.399 e. The number of carbonyl (C=O) groups is 1. The van der Waals surface area contributed by atoms with Gasteiger partial charge < -0.3 is 16.0 Å².